The fourth-order valence-electron chi connectivity index (χ4n) is 3.15. The molecule has 1 aliphatic heterocycles. The van der Waals surface area contributed by atoms with Gasteiger partial charge >= 0.3 is 0 Å². The first-order valence-electron chi connectivity index (χ1n) is 7.97. The number of fused-ring (bicyclic) bond motifs is 1. The van der Waals surface area contributed by atoms with Gasteiger partial charge in [0.05, 0.1) is 20.3 Å². The molecule has 0 spiro atoms. The topological polar surface area (TPSA) is 32.6 Å². The molecule has 0 amide bonds. The molecule has 0 fully saturated rings. The second-order valence-corrected chi connectivity index (χ2v) is 5.87. The Balaban J connectivity index is 1.80. The molecule has 2 aromatic rings. The highest BCUT2D eigenvalue weighted by molar-refractivity contribution is 5.49. The number of rotatable bonds is 5. The first-order chi connectivity index (χ1) is 11.6. The highest BCUT2D eigenvalue weighted by atomic mass is 19.2. The van der Waals surface area contributed by atoms with E-state index in [0.29, 0.717) is 12.2 Å². The Labute approximate surface area is 140 Å². The van der Waals surface area contributed by atoms with Gasteiger partial charge in [0, 0.05) is 6.54 Å². The molecule has 0 saturated heterocycles. The highest BCUT2D eigenvalue weighted by Crippen LogP contribution is 2.37. The van der Waals surface area contributed by atoms with E-state index in [1.165, 1.54) is 17.7 Å². The summed E-state index contributed by atoms with van der Waals surface area (Å²) in [4.78, 5) is 0. The molecular formula is C19H20F2NO2. The normalized spacial score (nSPS) is 16.6. The van der Waals surface area contributed by atoms with Crippen molar-refractivity contribution in [3.8, 4) is 11.5 Å². The van der Waals surface area contributed by atoms with Crippen molar-refractivity contribution in [2.45, 2.75) is 25.3 Å². The average Bonchev–Trinajstić information content (AvgIpc) is 2.61. The van der Waals surface area contributed by atoms with Crippen LogP contribution in [-0.4, -0.2) is 20.8 Å². The second-order valence-electron chi connectivity index (χ2n) is 5.87. The lowest BCUT2D eigenvalue weighted by atomic mass is 9.90. The van der Waals surface area contributed by atoms with Gasteiger partial charge in [-0.1, -0.05) is 6.07 Å². The van der Waals surface area contributed by atoms with E-state index in [4.69, 9.17) is 14.8 Å². The SMILES string of the molecule is COc1cc2c(cc1OC)C(CCc1ccc(F)c(F)c1)[N]CC2. The Morgan fingerprint density at radius 2 is 1.79 bits per heavy atom. The lowest BCUT2D eigenvalue weighted by Gasteiger charge is -2.27. The summed E-state index contributed by atoms with van der Waals surface area (Å²) in [7, 11) is 3.23. The van der Waals surface area contributed by atoms with Gasteiger partial charge in [-0.25, -0.2) is 14.1 Å². The van der Waals surface area contributed by atoms with Crippen LogP contribution in [0.25, 0.3) is 0 Å². The average molecular weight is 332 g/mol. The monoisotopic (exact) mass is 332 g/mol. The summed E-state index contributed by atoms with van der Waals surface area (Å²) >= 11 is 0. The standard InChI is InChI=1S/C19H20F2NO2/c1-23-18-10-13-7-8-22-17(14(13)11-19(18)24-2)6-4-12-3-5-15(20)16(21)9-12/h3,5,9-11,17H,4,6-8H2,1-2H3. The molecule has 1 atom stereocenters. The van der Waals surface area contributed by atoms with Crippen LogP contribution in [0.5, 0.6) is 11.5 Å². The number of hydrogen-bond donors (Lipinski definition) is 0. The predicted octanol–water partition coefficient (Wildman–Crippen LogP) is 3.82. The minimum absolute atomic E-state index is 0.0293. The Kier molecular flexibility index (Phi) is 5.00. The summed E-state index contributed by atoms with van der Waals surface area (Å²) in [5, 5.41) is 4.69. The Morgan fingerprint density at radius 1 is 1.04 bits per heavy atom. The maximum atomic E-state index is 13.3. The van der Waals surface area contributed by atoms with E-state index in [-0.39, 0.29) is 6.04 Å². The van der Waals surface area contributed by atoms with Gasteiger partial charge in [0.15, 0.2) is 23.1 Å². The van der Waals surface area contributed by atoms with Crippen LogP contribution in [0.2, 0.25) is 0 Å². The molecule has 127 valence electrons. The molecule has 0 aliphatic carbocycles. The fraction of sp³-hybridized carbons (Fsp3) is 0.368. The lowest BCUT2D eigenvalue weighted by molar-refractivity contribution is 0.351. The number of methoxy groups -OCH3 is 2. The van der Waals surface area contributed by atoms with Gasteiger partial charge in [-0.15, -0.1) is 0 Å². The van der Waals surface area contributed by atoms with Gasteiger partial charge in [-0.3, -0.25) is 0 Å². The number of hydrogen-bond acceptors (Lipinski definition) is 2. The quantitative estimate of drug-likeness (QED) is 0.834. The van der Waals surface area contributed by atoms with Crippen molar-refractivity contribution in [1.82, 2.24) is 5.32 Å². The van der Waals surface area contributed by atoms with Crippen molar-refractivity contribution in [3.63, 3.8) is 0 Å². The molecule has 0 N–H and O–H groups in total. The van der Waals surface area contributed by atoms with Crippen LogP contribution in [0.3, 0.4) is 0 Å². The van der Waals surface area contributed by atoms with Crippen molar-refractivity contribution >= 4 is 0 Å². The molecule has 24 heavy (non-hydrogen) atoms. The summed E-state index contributed by atoms with van der Waals surface area (Å²) in [6.07, 6.45) is 2.25. The zero-order valence-electron chi connectivity index (χ0n) is 13.8. The van der Waals surface area contributed by atoms with Crippen LogP contribution in [0.1, 0.15) is 29.2 Å². The molecule has 1 heterocycles. The zero-order chi connectivity index (χ0) is 17.1. The van der Waals surface area contributed by atoms with E-state index < -0.39 is 11.6 Å². The maximum absolute atomic E-state index is 13.3. The Bertz CT molecular complexity index is 734. The molecule has 0 aromatic heterocycles. The van der Waals surface area contributed by atoms with Crippen LogP contribution in [0.4, 0.5) is 8.78 Å². The minimum atomic E-state index is -0.816. The molecule has 0 saturated carbocycles. The molecule has 1 radical (unpaired) electrons. The molecule has 1 aliphatic rings. The van der Waals surface area contributed by atoms with Gasteiger partial charge in [-0.05, 0) is 60.2 Å². The number of ether oxygens (including phenoxy) is 2. The van der Waals surface area contributed by atoms with Gasteiger partial charge < -0.3 is 9.47 Å². The highest BCUT2D eigenvalue weighted by Gasteiger charge is 2.23. The van der Waals surface area contributed by atoms with Crippen LogP contribution < -0.4 is 14.8 Å². The third-order valence-electron chi connectivity index (χ3n) is 4.43. The number of aryl methyl sites for hydroxylation is 1. The molecular weight excluding hydrogens is 312 g/mol. The van der Waals surface area contributed by atoms with Crippen molar-refractivity contribution in [2.24, 2.45) is 0 Å². The Morgan fingerprint density at radius 3 is 2.50 bits per heavy atom. The zero-order valence-corrected chi connectivity index (χ0v) is 13.8. The first-order valence-corrected chi connectivity index (χ1v) is 7.97. The third kappa shape index (κ3) is 3.36. The molecule has 3 rings (SSSR count). The first kappa shape index (κ1) is 16.7. The molecule has 5 heteroatoms. The van der Waals surface area contributed by atoms with Gasteiger partial charge in [-0.2, -0.15) is 0 Å². The van der Waals surface area contributed by atoms with E-state index in [9.17, 15) is 8.78 Å². The lowest BCUT2D eigenvalue weighted by Crippen LogP contribution is -2.24. The summed E-state index contributed by atoms with van der Waals surface area (Å²) in [5.74, 6) is -0.216. The molecule has 1 unspecified atom stereocenters. The van der Waals surface area contributed by atoms with E-state index in [1.807, 2.05) is 12.1 Å². The number of benzene rings is 2. The van der Waals surface area contributed by atoms with Crippen molar-refractivity contribution < 1.29 is 18.3 Å². The molecule has 0 bridgehead atoms. The van der Waals surface area contributed by atoms with E-state index in [2.05, 4.69) is 0 Å². The predicted molar refractivity (Wildman–Crippen MR) is 87.7 cm³/mol. The number of nitrogens with zero attached hydrogens (tertiary/aromatic N) is 1. The van der Waals surface area contributed by atoms with E-state index in [1.54, 1.807) is 20.3 Å². The maximum Gasteiger partial charge on any atom is 0.161 e. The van der Waals surface area contributed by atoms with Crippen molar-refractivity contribution in [2.75, 3.05) is 20.8 Å². The molecule has 3 nitrogen and oxygen atoms in total. The number of halogens is 2. The van der Waals surface area contributed by atoms with Gasteiger partial charge in [0.25, 0.3) is 0 Å². The van der Waals surface area contributed by atoms with E-state index >= 15 is 0 Å². The van der Waals surface area contributed by atoms with Crippen LogP contribution in [0.15, 0.2) is 30.3 Å². The van der Waals surface area contributed by atoms with Crippen molar-refractivity contribution in [3.05, 3.63) is 58.7 Å². The second kappa shape index (κ2) is 7.18. The van der Waals surface area contributed by atoms with Crippen molar-refractivity contribution in [1.29, 1.82) is 0 Å². The Hall–Kier alpha value is -2.14. The molecule has 2 aromatic carbocycles. The summed E-state index contributed by atoms with van der Waals surface area (Å²) in [6.45, 7) is 0.755. The largest absolute Gasteiger partial charge is 0.493 e. The smallest absolute Gasteiger partial charge is 0.161 e. The van der Waals surface area contributed by atoms with Crippen LogP contribution >= 0.6 is 0 Å². The minimum Gasteiger partial charge on any atom is -0.493 e. The van der Waals surface area contributed by atoms with Gasteiger partial charge in [0.1, 0.15) is 0 Å². The van der Waals surface area contributed by atoms with Crippen LogP contribution in [0, 0.1) is 11.6 Å². The fourth-order valence-corrected chi connectivity index (χ4v) is 3.15. The summed E-state index contributed by atoms with van der Waals surface area (Å²) in [5.41, 5.74) is 3.11. The van der Waals surface area contributed by atoms with Crippen LogP contribution in [-0.2, 0) is 12.8 Å². The summed E-state index contributed by atoms with van der Waals surface area (Å²) < 4.78 is 37.1. The van der Waals surface area contributed by atoms with Gasteiger partial charge in [0.2, 0.25) is 0 Å². The van der Waals surface area contributed by atoms with E-state index in [0.717, 1.165) is 36.3 Å². The summed E-state index contributed by atoms with van der Waals surface area (Å²) in [6, 6.07) is 8.07. The third-order valence-corrected chi connectivity index (χ3v) is 4.43.